The maximum Gasteiger partial charge on any atom is 0.245 e. The molecular formula is C13H20N2O3. The molecule has 0 aliphatic heterocycles. The van der Waals surface area contributed by atoms with E-state index in [1.165, 1.54) is 14.0 Å². The van der Waals surface area contributed by atoms with Gasteiger partial charge in [-0.3, -0.25) is 9.59 Å². The highest BCUT2D eigenvalue weighted by molar-refractivity contribution is 5.87. The summed E-state index contributed by atoms with van der Waals surface area (Å²) in [6, 6.07) is -0.692. The molecule has 0 rings (SSSR count). The molecule has 0 saturated carbocycles. The Kier molecular flexibility index (Phi) is 8.22. The third kappa shape index (κ3) is 6.65. The van der Waals surface area contributed by atoms with Gasteiger partial charge in [0.25, 0.3) is 0 Å². The van der Waals surface area contributed by atoms with Crippen LogP contribution in [0.3, 0.4) is 0 Å². The fraction of sp³-hybridized carbons (Fsp3) is 0.385. The third-order valence-electron chi connectivity index (χ3n) is 2.09. The van der Waals surface area contributed by atoms with Gasteiger partial charge in [0.05, 0.1) is 6.61 Å². The summed E-state index contributed by atoms with van der Waals surface area (Å²) in [5.74, 6) is -0.582. The zero-order valence-corrected chi connectivity index (χ0v) is 10.9. The van der Waals surface area contributed by atoms with Crippen LogP contribution in [-0.2, 0) is 14.3 Å². The van der Waals surface area contributed by atoms with Crippen LogP contribution >= 0.6 is 0 Å². The van der Waals surface area contributed by atoms with Crippen LogP contribution in [0.5, 0.6) is 0 Å². The van der Waals surface area contributed by atoms with Gasteiger partial charge in [-0.05, 0) is 5.57 Å². The van der Waals surface area contributed by atoms with Crippen molar-refractivity contribution in [3.63, 3.8) is 0 Å². The van der Waals surface area contributed by atoms with Crippen LogP contribution in [0.4, 0.5) is 0 Å². The first-order valence-electron chi connectivity index (χ1n) is 5.53. The second-order valence-corrected chi connectivity index (χ2v) is 3.61. The quantitative estimate of drug-likeness (QED) is 0.620. The molecule has 0 radical (unpaired) electrons. The predicted molar refractivity (Wildman–Crippen MR) is 71.0 cm³/mol. The van der Waals surface area contributed by atoms with Crippen molar-refractivity contribution in [1.29, 1.82) is 0 Å². The van der Waals surface area contributed by atoms with Crippen molar-refractivity contribution in [3.05, 3.63) is 37.0 Å². The van der Waals surface area contributed by atoms with Crippen LogP contribution in [-0.4, -0.2) is 38.1 Å². The van der Waals surface area contributed by atoms with E-state index >= 15 is 0 Å². The summed E-state index contributed by atoms with van der Waals surface area (Å²) >= 11 is 0. The molecule has 0 bridgehead atoms. The largest absolute Gasteiger partial charge is 0.382 e. The summed E-state index contributed by atoms with van der Waals surface area (Å²) < 4.78 is 4.88. The SMILES string of the molecule is C=C/C=C(\C=C)CNC(=O)C(COC)NC(C)=O. The minimum Gasteiger partial charge on any atom is -0.382 e. The van der Waals surface area contributed by atoms with E-state index in [0.29, 0.717) is 6.54 Å². The predicted octanol–water partition coefficient (Wildman–Crippen LogP) is 0.552. The highest BCUT2D eigenvalue weighted by Crippen LogP contribution is 1.95. The minimum atomic E-state index is -0.692. The van der Waals surface area contributed by atoms with Crippen LogP contribution in [0, 0.1) is 0 Å². The molecule has 0 aliphatic rings. The standard InChI is InChI=1S/C13H20N2O3/c1-5-7-11(6-2)8-14-13(17)12(9-18-4)15-10(3)16/h5-7,12H,1-2,8-9H2,3-4H3,(H,14,17)(H,15,16)/b11-7+. The van der Waals surface area contributed by atoms with Crippen molar-refractivity contribution in [2.75, 3.05) is 20.3 Å². The van der Waals surface area contributed by atoms with E-state index in [4.69, 9.17) is 4.74 Å². The summed E-state index contributed by atoms with van der Waals surface area (Å²) in [4.78, 5) is 22.7. The Morgan fingerprint density at radius 2 is 2.06 bits per heavy atom. The Labute approximate surface area is 108 Å². The lowest BCUT2D eigenvalue weighted by atomic mass is 10.2. The average molecular weight is 252 g/mol. The number of hydrogen-bond donors (Lipinski definition) is 2. The van der Waals surface area contributed by atoms with Crippen molar-refractivity contribution >= 4 is 11.8 Å². The smallest absolute Gasteiger partial charge is 0.245 e. The number of carbonyl (C=O) groups is 2. The maximum atomic E-state index is 11.8. The number of allylic oxidation sites excluding steroid dienone is 2. The first kappa shape index (κ1) is 16.1. The highest BCUT2D eigenvalue weighted by atomic mass is 16.5. The molecule has 0 spiro atoms. The van der Waals surface area contributed by atoms with Crippen molar-refractivity contribution in [2.45, 2.75) is 13.0 Å². The summed E-state index contributed by atoms with van der Waals surface area (Å²) in [7, 11) is 1.47. The average Bonchev–Trinajstić information content (AvgIpc) is 2.33. The molecule has 0 aromatic heterocycles. The van der Waals surface area contributed by atoms with E-state index in [0.717, 1.165) is 5.57 Å². The van der Waals surface area contributed by atoms with Crippen molar-refractivity contribution < 1.29 is 14.3 Å². The van der Waals surface area contributed by atoms with Crippen LogP contribution < -0.4 is 10.6 Å². The second-order valence-electron chi connectivity index (χ2n) is 3.61. The second kappa shape index (κ2) is 9.18. The fourth-order valence-electron chi connectivity index (χ4n) is 1.26. The first-order valence-corrected chi connectivity index (χ1v) is 5.53. The number of amides is 2. The molecule has 0 aromatic carbocycles. The molecule has 0 heterocycles. The van der Waals surface area contributed by atoms with E-state index in [1.54, 1.807) is 18.2 Å². The molecule has 0 fully saturated rings. The summed E-state index contributed by atoms with van der Waals surface area (Å²) in [5.41, 5.74) is 0.831. The molecule has 5 heteroatoms. The Morgan fingerprint density at radius 1 is 1.39 bits per heavy atom. The summed E-state index contributed by atoms with van der Waals surface area (Å²) in [6.45, 7) is 8.99. The number of methoxy groups -OCH3 is 1. The lowest BCUT2D eigenvalue weighted by molar-refractivity contribution is -0.129. The fourth-order valence-corrected chi connectivity index (χ4v) is 1.26. The molecule has 5 nitrogen and oxygen atoms in total. The van der Waals surface area contributed by atoms with Gasteiger partial charge in [-0.15, -0.1) is 0 Å². The number of nitrogens with one attached hydrogen (secondary N) is 2. The molecule has 0 aliphatic carbocycles. The summed E-state index contributed by atoms with van der Waals surface area (Å²) in [5, 5.41) is 5.20. The van der Waals surface area contributed by atoms with E-state index in [2.05, 4.69) is 23.8 Å². The number of ether oxygens (including phenoxy) is 1. The van der Waals surface area contributed by atoms with Gasteiger partial charge in [-0.1, -0.05) is 31.4 Å². The zero-order chi connectivity index (χ0) is 14.0. The molecule has 2 amide bonds. The molecule has 18 heavy (non-hydrogen) atoms. The lowest BCUT2D eigenvalue weighted by Crippen LogP contribution is -2.48. The molecule has 1 atom stereocenters. The van der Waals surface area contributed by atoms with Gasteiger partial charge >= 0.3 is 0 Å². The van der Waals surface area contributed by atoms with E-state index < -0.39 is 6.04 Å². The zero-order valence-electron chi connectivity index (χ0n) is 10.9. The van der Waals surface area contributed by atoms with Crippen LogP contribution in [0.2, 0.25) is 0 Å². The Bertz CT molecular complexity index is 348. The van der Waals surface area contributed by atoms with Crippen LogP contribution in [0.15, 0.2) is 37.0 Å². The van der Waals surface area contributed by atoms with Gasteiger partial charge in [0.15, 0.2) is 0 Å². The highest BCUT2D eigenvalue weighted by Gasteiger charge is 2.18. The number of rotatable bonds is 8. The maximum absolute atomic E-state index is 11.8. The van der Waals surface area contributed by atoms with Crippen LogP contribution in [0.1, 0.15) is 6.92 Å². The normalized spacial score (nSPS) is 12.4. The minimum absolute atomic E-state index is 0.125. The third-order valence-corrected chi connectivity index (χ3v) is 2.09. The van der Waals surface area contributed by atoms with Crippen LogP contribution in [0.25, 0.3) is 0 Å². The van der Waals surface area contributed by atoms with E-state index in [9.17, 15) is 9.59 Å². The molecule has 0 aromatic rings. The van der Waals surface area contributed by atoms with Gasteiger partial charge in [0.2, 0.25) is 11.8 Å². The topological polar surface area (TPSA) is 67.4 Å². The van der Waals surface area contributed by atoms with Crippen molar-refractivity contribution in [3.8, 4) is 0 Å². The van der Waals surface area contributed by atoms with Gasteiger partial charge in [-0.25, -0.2) is 0 Å². The molecule has 2 N–H and O–H groups in total. The van der Waals surface area contributed by atoms with Crippen molar-refractivity contribution in [2.24, 2.45) is 0 Å². The van der Waals surface area contributed by atoms with Gasteiger partial charge in [-0.2, -0.15) is 0 Å². The van der Waals surface area contributed by atoms with E-state index in [1.807, 2.05) is 0 Å². The molecule has 1 unspecified atom stereocenters. The van der Waals surface area contributed by atoms with Gasteiger partial charge in [0, 0.05) is 20.6 Å². The Balaban J connectivity index is 4.41. The molecule has 100 valence electrons. The van der Waals surface area contributed by atoms with E-state index in [-0.39, 0.29) is 18.4 Å². The summed E-state index contributed by atoms with van der Waals surface area (Å²) in [6.07, 6.45) is 4.99. The monoisotopic (exact) mass is 252 g/mol. The van der Waals surface area contributed by atoms with Gasteiger partial charge in [0.1, 0.15) is 6.04 Å². The Morgan fingerprint density at radius 3 is 2.50 bits per heavy atom. The first-order chi connectivity index (χ1) is 8.54. The number of carbonyl (C=O) groups excluding carboxylic acids is 2. The van der Waals surface area contributed by atoms with Gasteiger partial charge < -0.3 is 15.4 Å². The Hall–Kier alpha value is -1.88. The lowest BCUT2D eigenvalue weighted by Gasteiger charge is -2.16. The molecule has 0 saturated heterocycles. The number of hydrogen-bond acceptors (Lipinski definition) is 3. The molecular weight excluding hydrogens is 232 g/mol. The van der Waals surface area contributed by atoms with Crippen molar-refractivity contribution in [1.82, 2.24) is 10.6 Å².